The van der Waals surface area contributed by atoms with Crippen LogP contribution in [0.3, 0.4) is 0 Å². The predicted octanol–water partition coefficient (Wildman–Crippen LogP) is 3.14. The van der Waals surface area contributed by atoms with Gasteiger partial charge in [0.05, 0.1) is 18.2 Å². The number of hydrogen-bond donors (Lipinski definition) is 0. The van der Waals surface area contributed by atoms with E-state index in [4.69, 9.17) is 13.5 Å². The highest BCUT2D eigenvalue weighted by Gasteiger charge is 2.39. The fourth-order valence-corrected chi connectivity index (χ4v) is 3.66. The van der Waals surface area contributed by atoms with Crippen LogP contribution in [0.2, 0.25) is 0 Å². The third-order valence-corrected chi connectivity index (χ3v) is 5.24. The topological polar surface area (TPSA) is 94.2 Å². The van der Waals surface area contributed by atoms with Gasteiger partial charge >= 0.3 is 0 Å². The maximum absolute atomic E-state index is 5.61. The number of likely N-dealkylation sites (tertiary alicyclic amines) is 1. The Kier molecular flexibility index (Phi) is 3.66. The van der Waals surface area contributed by atoms with Crippen LogP contribution < -0.4 is 0 Å². The molecule has 5 rings (SSSR count). The van der Waals surface area contributed by atoms with Crippen molar-refractivity contribution in [2.75, 3.05) is 13.1 Å². The standard InChI is InChI=1S/C18H21N5O3/c1-18(17-20-15(22-26-17)12-5-6-12)7-3-8-23(11-18)10-14-19-16(25-21-14)13-4-2-9-24-13/h2,4,9,12H,3,5-8,10-11H2,1H3. The Labute approximate surface area is 150 Å². The van der Waals surface area contributed by atoms with Gasteiger partial charge in [0, 0.05) is 12.5 Å². The molecule has 1 saturated carbocycles. The SMILES string of the molecule is CC1(c2nc(C3CC3)no2)CCCN(Cc2noc(-c3ccco3)n2)C1. The van der Waals surface area contributed by atoms with Crippen molar-refractivity contribution in [1.29, 1.82) is 0 Å². The van der Waals surface area contributed by atoms with Crippen LogP contribution >= 0.6 is 0 Å². The second kappa shape index (κ2) is 6.05. The maximum Gasteiger partial charge on any atom is 0.293 e. The molecule has 0 spiro atoms. The first kappa shape index (κ1) is 15.7. The summed E-state index contributed by atoms with van der Waals surface area (Å²) in [5.41, 5.74) is -0.133. The van der Waals surface area contributed by atoms with Gasteiger partial charge in [-0.15, -0.1) is 0 Å². The van der Waals surface area contributed by atoms with Gasteiger partial charge in [-0.3, -0.25) is 4.90 Å². The highest BCUT2D eigenvalue weighted by atomic mass is 16.5. The molecule has 1 unspecified atom stereocenters. The lowest BCUT2D eigenvalue weighted by Crippen LogP contribution is -2.44. The van der Waals surface area contributed by atoms with Crippen LogP contribution in [0.5, 0.6) is 0 Å². The van der Waals surface area contributed by atoms with Crippen molar-refractivity contribution in [1.82, 2.24) is 25.2 Å². The molecule has 2 fully saturated rings. The van der Waals surface area contributed by atoms with E-state index in [1.807, 2.05) is 6.07 Å². The van der Waals surface area contributed by atoms with Crippen molar-refractivity contribution in [3.8, 4) is 11.7 Å². The average Bonchev–Trinajstić information content (AvgIpc) is 3.09. The smallest absolute Gasteiger partial charge is 0.293 e. The minimum Gasteiger partial charge on any atom is -0.459 e. The van der Waals surface area contributed by atoms with Gasteiger partial charge < -0.3 is 13.5 Å². The molecule has 3 aromatic rings. The van der Waals surface area contributed by atoms with Crippen molar-refractivity contribution >= 4 is 0 Å². The number of nitrogens with zero attached hydrogens (tertiary/aromatic N) is 5. The van der Waals surface area contributed by atoms with E-state index in [2.05, 4.69) is 32.1 Å². The molecule has 1 aliphatic carbocycles. The number of rotatable bonds is 5. The summed E-state index contributed by atoms with van der Waals surface area (Å²) in [6.07, 6.45) is 6.06. The summed E-state index contributed by atoms with van der Waals surface area (Å²) in [6, 6.07) is 3.61. The molecule has 2 aliphatic rings. The van der Waals surface area contributed by atoms with E-state index < -0.39 is 0 Å². The van der Waals surface area contributed by atoms with Gasteiger partial charge in [-0.2, -0.15) is 9.97 Å². The van der Waals surface area contributed by atoms with Crippen LogP contribution in [0.4, 0.5) is 0 Å². The summed E-state index contributed by atoms with van der Waals surface area (Å²) in [7, 11) is 0. The highest BCUT2D eigenvalue weighted by Crippen LogP contribution is 2.40. The van der Waals surface area contributed by atoms with Gasteiger partial charge in [0.15, 0.2) is 17.4 Å². The normalized spacial score (nSPS) is 24.2. The summed E-state index contributed by atoms with van der Waals surface area (Å²) in [4.78, 5) is 11.4. The molecular formula is C18H21N5O3. The predicted molar refractivity (Wildman–Crippen MR) is 90.1 cm³/mol. The van der Waals surface area contributed by atoms with E-state index in [1.165, 1.54) is 12.8 Å². The first-order valence-electron chi connectivity index (χ1n) is 9.12. The van der Waals surface area contributed by atoms with E-state index in [0.717, 1.165) is 37.6 Å². The average molecular weight is 355 g/mol. The molecule has 8 nitrogen and oxygen atoms in total. The first-order valence-corrected chi connectivity index (χ1v) is 9.12. The zero-order valence-corrected chi connectivity index (χ0v) is 14.7. The molecule has 1 atom stereocenters. The lowest BCUT2D eigenvalue weighted by Gasteiger charge is -2.37. The monoisotopic (exact) mass is 355 g/mol. The number of hydrogen-bond acceptors (Lipinski definition) is 8. The van der Waals surface area contributed by atoms with Crippen LogP contribution in [-0.2, 0) is 12.0 Å². The van der Waals surface area contributed by atoms with Crippen LogP contribution in [-0.4, -0.2) is 38.3 Å². The van der Waals surface area contributed by atoms with Gasteiger partial charge in [0.25, 0.3) is 5.89 Å². The van der Waals surface area contributed by atoms with Crippen LogP contribution in [0.1, 0.15) is 56.1 Å². The summed E-state index contributed by atoms with van der Waals surface area (Å²) in [6.45, 7) is 4.66. The molecule has 26 heavy (non-hydrogen) atoms. The molecule has 4 heterocycles. The Morgan fingerprint density at radius 3 is 2.96 bits per heavy atom. The minimum atomic E-state index is -0.133. The Balaban J connectivity index is 1.29. The molecule has 0 amide bonds. The second-order valence-corrected chi connectivity index (χ2v) is 7.60. The van der Waals surface area contributed by atoms with E-state index in [0.29, 0.717) is 29.9 Å². The summed E-state index contributed by atoms with van der Waals surface area (Å²) in [5, 5.41) is 8.27. The summed E-state index contributed by atoms with van der Waals surface area (Å²) in [5.74, 6) is 3.80. The van der Waals surface area contributed by atoms with Crippen molar-refractivity contribution in [3.05, 3.63) is 35.9 Å². The number of piperidine rings is 1. The van der Waals surface area contributed by atoms with Crippen molar-refractivity contribution in [2.24, 2.45) is 0 Å². The number of aromatic nitrogens is 4. The lowest BCUT2D eigenvalue weighted by molar-refractivity contribution is 0.121. The van der Waals surface area contributed by atoms with Gasteiger partial charge in [-0.05, 0) is 51.3 Å². The Morgan fingerprint density at radius 2 is 2.15 bits per heavy atom. The Morgan fingerprint density at radius 1 is 1.23 bits per heavy atom. The molecule has 8 heteroatoms. The van der Waals surface area contributed by atoms with E-state index in [9.17, 15) is 0 Å². The van der Waals surface area contributed by atoms with Gasteiger partial charge in [-0.25, -0.2) is 0 Å². The van der Waals surface area contributed by atoms with E-state index >= 15 is 0 Å². The van der Waals surface area contributed by atoms with Crippen LogP contribution in [0.15, 0.2) is 31.9 Å². The van der Waals surface area contributed by atoms with E-state index in [-0.39, 0.29) is 5.41 Å². The summed E-state index contributed by atoms with van der Waals surface area (Å²) >= 11 is 0. The van der Waals surface area contributed by atoms with Gasteiger partial charge in [0.1, 0.15) is 0 Å². The zero-order valence-electron chi connectivity index (χ0n) is 14.7. The third kappa shape index (κ3) is 2.94. The van der Waals surface area contributed by atoms with E-state index in [1.54, 1.807) is 12.3 Å². The fraction of sp³-hybridized carbons (Fsp3) is 0.556. The zero-order chi connectivity index (χ0) is 17.6. The van der Waals surface area contributed by atoms with Crippen molar-refractivity contribution in [2.45, 2.75) is 50.5 Å². The van der Waals surface area contributed by atoms with Crippen molar-refractivity contribution < 1.29 is 13.5 Å². The molecule has 0 aromatic carbocycles. The van der Waals surface area contributed by atoms with Crippen LogP contribution in [0, 0.1) is 0 Å². The first-order chi connectivity index (χ1) is 12.7. The summed E-state index contributed by atoms with van der Waals surface area (Å²) < 4.78 is 16.2. The fourth-order valence-electron chi connectivity index (χ4n) is 3.66. The Bertz CT molecular complexity index is 882. The molecule has 1 aliphatic heterocycles. The Hall–Kier alpha value is -2.48. The molecule has 1 saturated heterocycles. The molecule has 0 radical (unpaired) electrons. The highest BCUT2D eigenvalue weighted by molar-refractivity contribution is 5.42. The minimum absolute atomic E-state index is 0.133. The third-order valence-electron chi connectivity index (χ3n) is 5.24. The van der Waals surface area contributed by atoms with Gasteiger partial charge in [-0.1, -0.05) is 10.3 Å². The molecule has 136 valence electrons. The quantitative estimate of drug-likeness (QED) is 0.689. The van der Waals surface area contributed by atoms with Gasteiger partial charge in [0.2, 0.25) is 5.89 Å². The second-order valence-electron chi connectivity index (χ2n) is 7.60. The molecule has 3 aromatic heterocycles. The maximum atomic E-state index is 5.61. The molecule has 0 bridgehead atoms. The largest absolute Gasteiger partial charge is 0.459 e. The van der Waals surface area contributed by atoms with Crippen molar-refractivity contribution in [3.63, 3.8) is 0 Å². The number of furan rings is 1. The van der Waals surface area contributed by atoms with Crippen LogP contribution in [0.25, 0.3) is 11.7 Å². The lowest BCUT2D eigenvalue weighted by atomic mass is 9.81. The molecular weight excluding hydrogens is 334 g/mol. The molecule has 0 N–H and O–H groups in total.